The van der Waals surface area contributed by atoms with Crippen LogP contribution in [0, 0.1) is 5.92 Å². The van der Waals surface area contributed by atoms with Crippen LogP contribution in [-0.4, -0.2) is 59.5 Å². The Morgan fingerprint density at radius 1 is 1.40 bits per heavy atom. The molecule has 0 aromatic carbocycles. The number of rotatable bonds is 4. The molecule has 8 heteroatoms. The predicted molar refractivity (Wildman–Crippen MR) is 66.9 cm³/mol. The van der Waals surface area contributed by atoms with E-state index in [1.807, 2.05) is 0 Å². The van der Waals surface area contributed by atoms with Gasteiger partial charge in [0, 0.05) is 6.42 Å². The van der Waals surface area contributed by atoms with Gasteiger partial charge in [-0.25, -0.2) is 9.59 Å². The molecule has 1 heterocycles. The first kappa shape index (κ1) is 15.9. The van der Waals surface area contributed by atoms with Gasteiger partial charge in [-0.3, -0.25) is 9.59 Å². The van der Waals surface area contributed by atoms with E-state index in [0.29, 0.717) is 0 Å². The van der Waals surface area contributed by atoms with Crippen molar-refractivity contribution in [3.05, 3.63) is 0 Å². The van der Waals surface area contributed by atoms with Gasteiger partial charge in [0.25, 0.3) is 0 Å². The van der Waals surface area contributed by atoms with Crippen LogP contribution in [0.3, 0.4) is 0 Å². The van der Waals surface area contributed by atoms with E-state index in [1.165, 1.54) is 0 Å². The number of ether oxygens (including phenoxy) is 1. The number of ketones is 1. The molecule has 2 N–H and O–H groups in total. The van der Waals surface area contributed by atoms with Crippen LogP contribution in [0.2, 0.25) is 0 Å². The summed E-state index contributed by atoms with van der Waals surface area (Å²) in [6.45, 7) is 3.15. The van der Waals surface area contributed by atoms with Gasteiger partial charge in [0.15, 0.2) is 5.78 Å². The SMILES string of the molecule is COC(=O)N[C@H](C(=O)N1CC(=O)CC1C(=O)O)C(C)C. The topological polar surface area (TPSA) is 113 Å². The normalized spacial score (nSPS) is 19.9. The first-order chi connectivity index (χ1) is 9.27. The summed E-state index contributed by atoms with van der Waals surface area (Å²) in [6.07, 6.45) is -0.987. The molecule has 20 heavy (non-hydrogen) atoms. The maximum absolute atomic E-state index is 12.3. The Bertz CT molecular complexity index is 434. The Balaban J connectivity index is 2.91. The van der Waals surface area contributed by atoms with Crippen molar-refractivity contribution in [2.45, 2.75) is 32.4 Å². The summed E-state index contributed by atoms with van der Waals surface area (Å²) in [5.74, 6) is -2.41. The third kappa shape index (κ3) is 3.46. The lowest BCUT2D eigenvalue weighted by atomic mass is 10.0. The summed E-state index contributed by atoms with van der Waals surface area (Å²) < 4.78 is 4.44. The van der Waals surface area contributed by atoms with Crippen molar-refractivity contribution in [1.82, 2.24) is 10.2 Å². The molecular weight excluding hydrogens is 268 g/mol. The van der Waals surface area contributed by atoms with Crippen molar-refractivity contribution in [2.24, 2.45) is 5.92 Å². The van der Waals surface area contributed by atoms with E-state index < -0.39 is 30.1 Å². The highest BCUT2D eigenvalue weighted by Gasteiger charge is 2.42. The van der Waals surface area contributed by atoms with Crippen LogP contribution in [0.1, 0.15) is 20.3 Å². The third-order valence-corrected chi connectivity index (χ3v) is 3.10. The zero-order valence-corrected chi connectivity index (χ0v) is 11.6. The first-order valence-electron chi connectivity index (χ1n) is 6.17. The fourth-order valence-electron chi connectivity index (χ4n) is 2.02. The minimum Gasteiger partial charge on any atom is -0.480 e. The molecule has 2 amide bonds. The Labute approximate surface area is 116 Å². The molecule has 1 aliphatic rings. The number of aliphatic carboxylic acids is 1. The molecule has 112 valence electrons. The van der Waals surface area contributed by atoms with Crippen molar-refractivity contribution in [2.75, 3.05) is 13.7 Å². The average molecular weight is 286 g/mol. The molecule has 0 radical (unpaired) electrons. The second kappa shape index (κ2) is 6.36. The summed E-state index contributed by atoms with van der Waals surface area (Å²) >= 11 is 0. The molecule has 2 atom stereocenters. The maximum Gasteiger partial charge on any atom is 0.407 e. The standard InChI is InChI=1S/C12H18N2O6/c1-6(2)9(13-12(19)20-3)10(16)14-5-7(15)4-8(14)11(17)18/h6,8-9H,4-5H2,1-3H3,(H,13,19)(H,17,18)/t8?,9-/m0/s1. The number of carbonyl (C=O) groups is 4. The molecular formula is C12H18N2O6. The van der Waals surface area contributed by atoms with Crippen molar-refractivity contribution in [3.8, 4) is 0 Å². The van der Waals surface area contributed by atoms with E-state index in [4.69, 9.17) is 5.11 Å². The van der Waals surface area contributed by atoms with Crippen LogP contribution < -0.4 is 5.32 Å². The number of nitrogens with zero attached hydrogens (tertiary/aromatic N) is 1. The molecule has 1 aliphatic heterocycles. The van der Waals surface area contributed by atoms with Gasteiger partial charge in [-0.15, -0.1) is 0 Å². The largest absolute Gasteiger partial charge is 0.480 e. The van der Waals surface area contributed by atoms with Gasteiger partial charge in [-0.05, 0) is 5.92 Å². The van der Waals surface area contributed by atoms with E-state index in [0.717, 1.165) is 12.0 Å². The predicted octanol–water partition coefficient (Wildman–Crippen LogP) is -0.378. The average Bonchev–Trinajstić information content (AvgIpc) is 2.76. The number of amides is 2. The van der Waals surface area contributed by atoms with Gasteiger partial charge < -0.3 is 20.1 Å². The molecule has 0 aliphatic carbocycles. The Hall–Kier alpha value is -2.12. The maximum atomic E-state index is 12.3. The molecule has 1 saturated heterocycles. The highest BCUT2D eigenvalue weighted by Crippen LogP contribution is 2.18. The van der Waals surface area contributed by atoms with Crippen LogP contribution in [-0.2, 0) is 19.1 Å². The molecule has 0 aromatic rings. The molecule has 0 aromatic heterocycles. The third-order valence-electron chi connectivity index (χ3n) is 3.10. The minimum absolute atomic E-state index is 0.204. The number of nitrogens with one attached hydrogen (secondary N) is 1. The summed E-state index contributed by atoms with van der Waals surface area (Å²) in [4.78, 5) is 47.0. The lowest BCUT2D eigenvalue weighted by molar-refractivity contribution is -0.149. The van der Waals surface area contributed by atoms with E-state index in [-0.39, 0.29) is 24.7 Å². The van der Waals surface area contributed by atoms with Crippen molar-refractivity contribution in [3.63, 3.8) is 0 Å². The highest BCUT2D eigenvalue weighted by atomic mass is 16.5. The Morgan fingerprint density at radius 2 is 2.00 bits per heavy atom. The van der Waals surface area contributed by atoms with E-state index >= 15 is 0 Å². The number of hydrogen-bond donors (Lipinski definition) is 2. The van der Waals surface area contributed by atoms with E-state index in [1.54, 1.807) is 13.8 Å². The fourth-order valence-corrected chi connectivity index (χ4v) is 2.02. The molecule has 1 rings (SSSR count). The molecule has 0 saturated carbocycles. The van der Waals surface area contributed by atoms with E-state index in [2.05, 4.69) is 10.1 Å². The monoisotopic (exact) mass is 286 g/mol. The molecule has 0 spiro atoms. The second-order valence-corrected chi connectivity index (χ2v) is 4.92. The molecule has 1 fully saturated rings. The lowest BCUT2D eigenvalue weighted by Gasteiger charge is -2.28. The summed E-state index contributed by atoms with van der Waals surface area (Å²) in [5, 5.41) is 11.4. The van der Waals surface area contributed by atoms with Gasteiger partial charge in [0.2, 0.25) is 5.91 Å². The van der Waals surface area contributed by atoms with Crippen molar-refractivity contribution < 1.29 is 29.0 Å². The summed E-state index contributed by atoms with van der Waals surface area (Å²) in [5.41, 5.74) is 0. The van der Waals surface area contributed by atoms with Crippen LogP contribution in [0.25, 0.3) is 0 Å². The minimum atomic E-state index is -1.23. The fraction of sp³-hybridized carbons (Fsp3) is 0.667. The quantitative estimate of drug-likeness (QED) is 0.728. The Morgan fingerprint density at radius 3 is 2.45 bits per heavy atom. The summed E-state index contributed by atoms with van der Waals surface area (Å²) in [6, 6.07) is -2.11. The zero-order valence-electron chi connectivity index (χ0n) is 11.6. The van der Waals surface area contributed by atoms with Gasteiger partial charge in [-0.1, -0.05) is 13.8 Å². The van der Waals surface area contributed by atoms with Gasteiger partial charge in [0.1, 0.15) is 12.1 Å². The molecule has 8 nitrogen and oxygen atoms in total. The van der Waals surface area contributed by atoms with Gasteiger partial charge in [-0.2, -0.15) is 0 Å². The number of likely N-dealkylation sites (tertiary alicyclic amines) is 1. The second-order valence-electron chi connectivity index (χ2n) is 4.92. The van der Waals surface area contributed by atoms with Crippen LogP contribution >= 0.6 is 0 Å². The van der Waals surface area contributed by atoms with Crippen molar-refractivity contribution in [1.29, 1.82) is 0 Å². The summed E-state index contributed by atoms with van der Waals surface area (Å²) in [7, 11) is 1.16. The van der Waals surface area contributed by atoms with E-state index in [9.17, 15) is 19.2 Å². The number of alkyl carbamates (subject to hydrolysis) is 1. The zero-order chi connectivity index (χ0) is 15.4. The number of methoxy groups -OCH3 is 1. The van der Waals surface area contributed by atoms with Gasteiger partial charge >= 0.3 is 12.1 Å². The van der Waals surface area contributed by atoms with Crippen LogP contribution in [0.15, 0.2) is 0 Å². The molecule has 0 bridgehead atoms. The lowest BCUT2D eigenvalue weighted by Crippen LogP contribution is -2.53. The van der Waals surface area contributed by atoms with Gasteiger partial charge in [0.05, 0.1) is 13.7 Å². The Kier molecular flexibility index (Phi) is 5.06. The van der Waals surface area contributed by atoms with Crippen LogP contribution in [0.4, 0.5) is 4.79 Å². The number of carbonyl (C=O) groups excluding carboxylic acids is 3. The van der Waals surface area contributed by atoms with Crippen molar-refractivity contribution >= 4 is 23.8 Å². The highest BCUT2D eigenvalue weighted by molar-refractivity contribution is 5.98. The molecule has 1 unspecified atom stereocenters. The number of Topliss-reactive ketones (excluding diaryl/α,β-unsaturated/α-hetero) is 1. The number of hydrogen-bond acceptors (Lipinski definition) is 5. The number of carboxylic acid groups (broad SMARTS) is 1. The first-order valence-corrected chi connectivity index (χ1v) is 6.17. The smallest absolute Gasteiger partial charge is 0.407 e. The number of carboxylic acids is 1. The van der Waals surface area contributed by atoms with Crippen LogP contribution in [0.5, 0.6) is 0 Å².